The lowest BCUT2D eigenvalue weighted by molar-refractivity contribution is -0.204. The minimum atomic E-state index is -0.609. The molecule has 0 unspecified atom stereocenters. The normalized spacial score (nSPS) is 30.0. The van der Waals surface area contributed by atoms with E-state index in [-0.39, 0.29) is 11.9 Å². The molecule has 2 fully saturated rings. The van der Waals surface area contributed by atoms with Gasteiger partial charge >= 0.3 is 0 Å². The van der Waals surface area contributed by atoms with Crippen molar-refractivity contribution in [3.8, 4) is 0 Å². The van der Waals surface area contributed by atoms with Crippen LogP contribution in [0.15, 0.2) is 60.7 Å². The number of rotatable bonds is 3. The van der Waals surface area contributed by atoms with Crippen LogP contribution in [0, 0.1) is 11.7 Å². The number of allylic oxidation sites excluding steroid dienone is 1. The Morgan fingerprint density at radius 1 is 1.04 bits per heavy atom. The molecular formula is C20H19FO2. The molecule has 3 heteroatoms. The van der Waals surface area contributed by atoms with E-state index in [0.717, 1.165) is 24.0 Å². The second-order valence-corrected chi connectivity index (χ2v) is 6.28. The van der Waals surface area contributed by atoms with Gasteiger partial charge < -0.3 is 9.47 Å². The summed E-state index contributed by atoms with van der Waals surface area (Å²) < 4.78 is 25.2. The zero-order chi connectivity index (χ0) is 15.7. The summed E-state index contributed by atoms with van der Waals surface area (Å²) in [6.45, 7) is 0.649. The van der Waals surface area contributed by atoms with Crippen molar-refractivity contribution in [3.05, 3.63) is 77.6 Å². The molecule has 4 rings (SSSR count). The first kappa shape index (κ1) is 14.6. The van der Waals surface area contributed by atoms with E-state index in [1.807, 2.05) is 18.2 Å². The Hall–Kier alpha value is -1.97. The van der Waals surface area contributed by atoms with E-state index in [4.69, 9.17) is 9.47 Å². The second-order valence-electron chi connectivity index (χ2n) is 6.28. The van der Waals surface area contributed by atoms with Gasteiger partial charge in [0.25, 0.3) is 0 Å². The first-order valence-electron chi connectivity index (χ1n) is 8.05. The fourth-order valence-electron chi connectivity index (χ4n) is 3.48. The summed E-state index contributed by atoms with van der Waals surface area (Å²) in [5.41, 5.74) is 2.10. The van der Waals surface area contributed by atoms with Gasteiger partial charge in [0.05, 0.1) is 12.7 Å². The van der Waals surface area contributed by atoms with E-state index in [1.54, 1.807) is 12.1 Å². The van der Waals surface area contributed by atoms with Gasteiger partial charge in [0.2, 0.25) is 0 Å². The van der Waals surface area contributed by atoms with Crippen LogP contribution in [-0.2, 0) is 15.3 Å². The molecule has 0 radical (unpaired) electrons. The van der Waals surface area contributed by atoms with Crippen LogP contribution in [0.4, 0.5) is 4.39 Å². The molecule has 0 N–H and O–H groups in total. The van der Waals surface area contributed by atoms with Crippen molar-refractivity contribution in [2.75, 3.05) is 6.61 Å². The van der Waals surface area contributed by atoms with Crippen LogP contribution in [0.25, 0.3) is 6.08 Å². The van der Waals surface area contributed by atoms with Crippen molar-refractivity contribution in [2.45, 2.75) is 24.7 Å². The second kappa shape index (κ2) is 5.91. The van der Waals surface area contributed by atoms with Crippen LogP contribution in [0.2, 0.25) is 0 Å². The molecule has 0 aromatic heterocycles. The van der Waals surface area contributed by atoms with Gasteiger partial charge in [0.15, 0.2) is 5.79 Å². The Morgan fingerprint density at radius 2 is 1.83 bits per heavy atom. The van der Waals surface area contributed by atoms with Gasteiger partial charge in [-0.15, -0.1) is 0 Å². The largest absolute Gasteiger partial charge is 0.343 e. The van der Waals surface area contributed by atoms with Gasteiger partial charge in [-0.05, 0) is 30.0 Å². The van der Waals surface area contributed by atoms with Crippen LogP contribution in [0.3, 0.4) is 0 Å². The van der Waals surface area contributed by atoms with Crippen molar-refractivity contribution in [1.29, 1.82) is 0 Å². The van der Waals surface area contributed by atoms with Gasteiger partial charge in [-0.2, -0.15) is 0 Å². The summed E-state index contributed by atoms with van der Waals surface area (Å²) in [5, 5.41) is 0. The molecule has 118 valence electrons. The molecule has 2 aliphatic rings. The highest BCUT2D eigenvalue weighted by Crippen LogP contribution is 2.46. The number of fused-ring (bicyclic) bond motifs is 2. The maximum Gasteiger partial charge on any atom is 0.195 e. The molecule has 0 amide bonds. The average Bonchev–Trinajstić information content (AvgIpc) is 2.91. The molecular weight excluding hydrogens is 291 g/mol. The van der Waals surface area contributed by atoms with E-state index >= 15 is 0 Å². The summed E-state index contributed by atoms with van der Waals surface area (Å²) >= 11 is 0. The van der Waals surface area contributed by atoms with Gasteiger partial charge in [0, 0.05) is 12.0 Å². The minimum absolute atomic E-state index is 0.145. The van der Waals surface area contributed by atoms with E-state index in [1.165, 1.54) is 12.1 Å². The zero-order valence-electron chi connectivity index (χ0n) is 12.8. The molecule has 2 nitrogen and oxygen atoms in total. The number of halogens is 1. The number of ether oxygens (including phenoxy) is 2. The predicted molar refractivity (Wildman–Crippen MR) is 87.1 cm³/mol. The maximum atomic E-state index is 13.0. The lowest BCUT2D eigenvalue weighted by atomic mass is 9.87. The van der Waals surface area contributed by atoms with Crippen molar-refractivity contribution in [2.24, 2.45) is 5.92 Å². The fourth-order valence-corrected chi connectivity index (χ4v) is 3.48. The van der Waals surface area contributed by atoms with E-state index in [0.29, 0.717) is 12.5 Å². The SMILES string of the molecule is Fc1ccc(/C=C/[C@@H]2C[C@H]3CO[C@@](c4ccccc4)(C2)O3)cc1. The third-order valence-corrected chi connectivity index (χ3v) is 4.60. The molecule has 2 aliphatic heterocycles. The molecule has 2 bridgehead atoms. The quantitative estimate of drug-likeness (QED) is 0.830. The third kappa shape index (κ3) is 2.94. The summed E-state index contributed by atoms with van der Waals surface area (Å²) in [5.74, 6) is -0.425. The van der Waals surface area contributed by atoms with Crippen LogP contribution in [0.5, 0.6) is 0 Å². The Bertz CT molecular complexity index is 695. The number of hydrogen-bond acceptors (Lipinski definition) is 2. The number of benzene rings is 2. The lowest BCUT2D eigenvalue weighted by Gasteiger charge is -2.35. The molecule has 2 saturated heterocycles. The molecule has 0 aliphatic carbocycles. The van der Waals surface area contributed by atoms with Crippen LogP contribution < -0.4 is 0 Å². The summed E-state index contributed by atoms with van der Waals surface area (Å²) in [6, 6.07) is 16.7. The standard InChI is InChI=1S/C20H19FO2/c21-18-10-8-15(9-11-18)6-7-16-12-19-14-22-20(13-16,23-19)17-4-2-1-3-5-17/h1-11,16,19H,12-14H2/b7-6+/t16-,19+,20+/m1/s1. The van der Waals surface area contributed by atoms with Crippen molar-refractivity contribution in [1.82, 2.24) is 0 Å². The molecule has 2 heterocycles. The van der Waals surface area contributed by atoms with E-state index in [2.05, 4.69) is 24.3 Å². The first-order chi connectivity index (χ1) is 11.2. The van der Waals surface area contributed by atoms with Crippen LogP contribution in [-0.4, -0.2) is 12.7 Å². The Kier molecular flexibility index (Phi) is 3.76. The van der Waals surface area contributed by atoms with Gasteiger partial charge in [-0.25, -0.2) is 4.39 Å². The van der Waals surface area contributed by atoms with Crippen LogP contribution >= 0.6 is 0 Å². The highest BCUT2D eigenvalue weighted by atomic mass is 19.1. The minimum Gasteiger partial charge on any atom is -0.343 e. The average molecular weight is 310 g/mol. The van der Waals surface area contributed by atoms with Crippen molar-refractivity contribution in [3.63, 3.8) is 0 Å². The molecule has 0 saturated carbocycles. The summed E-state index contributed by atoms with van der Waals surface area (Å²) in [7, 11) is 0. The molecule has 0 spiro atoms. The predicted octanol–water partition coefficient (Wildman–Crippen LogP) is 4.52. The van der Waals surface area contributed by atoms with E-state index < -0.39 is 5.79 Å². The maximum absolute atomic E-state index is 13.0. The van der Waals surface area contributed by atoms with Crippen LogP contribution in [0.1, 0.15) is 24.0 Å². The van der Waals surface area contributed by atoms with Gasteiger partial charge in [0.1, 0.15) is 5.82 Å². The Labute approximate surface area is 135 Å². The molecule has 2 aromatic carbocycles. The molecule has 3 atom stereocenters. The van der Waals surface area contributed by atoms with Gasteiger partial charge in [-0.3, -0.25) is 0 Å². The monoisotopic (exact) mass is 310 g/mol. The highest BCUT2D eigenvalue weighted by Gasteiger charge is 2.48. The van der Waals surface area contributed by atoms with Gasteiger partial charge in [-0.1, -0.05) is 54.6 Å². The lowest BCUT2D eigenvalue weighted by Crippen LogP contribution is -2.35. The molecule has 2 aromatic rings. The third-order valence-electron chi connectivity index (χ3n) is 4.60. The molecule has 23 heavy (non-hydrogen) atoms. The topological polar surface area (TPSA) is 18.5 Å². The van der Waals surface area contributed by atoms with Crippen molar-refractivity contribution >= 4 is 6.08 Å². The summed E-state index contributed by atoms with van der Waals surface area (Å²) in [4.78, 5) is 0. The summed E-state index contributed by atoms with van der Waals surface area (Å²) in [6.07, 6.45) is 6.19. The fraction of sp³-hybridized carbons (Fsp3) is 0.300. The van der Waals surface area contributed by atoms with E-state index in [9.17, 15) is 4.39 Å². The highest BCUT2D eigenvalue weighted by molar-refractivity contribution is 5.49. The number of hydrogen-bond donors (Lipinski definition) is 0. The Morgan fingerprint density at radius 3 is 2.61 bits per heavy atom. The first-order valence-corrected chi connectivity index (χ1v) is 8.05. The Balaban J connectivity index is 1.54. The zero-order valence-corrected chi connectivity index (χ0v) is 12.8. The van der Waals surface area contributed by atoms with Crippen molar-refractivity contribution < 1.29 is 13.9 Å². The smallest absolute Gasteiger partial charge is 0.195 e.